The van der Waals surface area contributed by atoms with E-state index < -0.39 is 6.04 Å². The Kier molecular flexibility index (Phi) is 7.63. The van der Waals surface area contributed by atoms with Gasteiger partial charge in [-0.2, -0.15) is 0 Å². The lowest BCUT2D eigenvalue weighted by atomic mass is 10.0. The van der Waals surface area contributed by atoms with E-state index in [4.69, 9.17) is 5.73 Å². The van der Waals surface area contributed by atoms with Crippen LogP contribution < -0.4 is 11.1 Å². The van der Waals surface area contributed by atoms with Gasteiger partial charge in [-0.15, -0.1) is 12.4 Å². The summed E-state index contributed by atoms with van der Waals surface area (Å²) in [6, 6.07) is 9.49. The second-order valence-corrected chi connectivity index (χ2v) is 5.53. The van der Waals surface area contributed by atoms with Crippen LogP contribution in [0, 0.1) is 5.92 Å². The van der Waals surface area contributed by atoms with Crippen molar-refractivity contribution in [2.45, 2.75) is 44.6 Å². The number of nitrogens with two attached hydrogens (primary N) is 1. The van der Waals surface area contributed by atoms with E-state index in [0.717, 1.165) is 24.4 Å². The molecule has 0 radical (unpaired) electrons. The van der Waals surface area contributed by atoms with Crippen LogP contribution in [0.4, 0.5) is 0 Å². The summed E-state index contributed by atoms with van der Waals surface area (Å²) < 4.78 is 0. The van der Waals surface area contributed by atoms with Gasteiger partial charge in [-0.05, 0) is 24.3 Å². The number of benzene rings is 1. The van der Waals surface area contributed by atoms with Crippen LogP contribution in [0.3, 0.4) is 0 Å². The number of halogens is 1. The van der Waals surface area contributed by atoms with Crippen LogP contribution in [0.25, 0.3) is 0 Å². The number of nitrogens with one attached hydrogen (secondary N) is 1. The van der Waals surface area contributed by atoms with Gasteiger partial charge in [-0.25, -0.2) is 0 Å². The van der Waals surface area contributed by atoms with Gasteiger partial charge in [0.25, 0.3) is 0 Å². The van der Waals surface area contributed by atoms with E-state index in [9.17, 15) is 4.79 Å². The van der Waals surface area contributed by atoms with Crippen molar-refractivity contribution in [3.63, 3.8) is 0 Å². The zero-order valence-electron chi connectivity index (χ0n) is 11.9. The van der Waals surface area contributed by atoms with Crippen molar-refractivity contribution in [1.29, 1.82) is 0 Å². The molecular weight excluding hydrogens is 272 g/mol. The Morgan fingerprint density at radius 1 is 1.25 bits per heavy atom. The smallest absolute Gasteiger partial charge is 0.237 e. The number of carbonyl (C=O) groups excluding carboxylic acids is 1. The maximum Gasteiger partial charge on any atom is 0.237 e. The lowest BCUT2D eigenvalue weighted by Gasteiger charge is -2.14. The summed E-state index contributed by atoms with van der Waals surface area (Å²) in [4.78, 5) is 11.9. The van der Waals surface area contributed by atoms with Crippen LogP contribution in [0.2, 0.25) is 0 Å². The molecular formula is C16H25ClN2O. The minimum Gasteiger partial charge on any atom is -0.355 e. The quantitative estimate of drug-likeness (QED) is 0.848. The molecule has 1 unspecified atom stereocenters. The van der Waals surface area contributed by atoms with E-state index in [2.05, 4.69) is 5.32 Å². The second kappa shape index (κ2) is 8.98. The van der Waals surface area contributed by atoms with Crippen molar-refractivity contribution in [3.8, 4) is 0 Å². The Hall–Kier alpha value is -1.06. The third-order valence-corrected chi connectivity index (χ3v) is 3.96. The molecule has 1 fully saturated rings. The van der Waals surface area contributed by atoms with Gasteiger partial charge in [0.05, 0.1) is 6.04 Å². The molecule has 1 saturated carbocycles. The van der Waals surface area contributed by atoms with Gasteiger partial charge < -0.3 is 11.1 Å². The minimum absolute atomic E-state index is 0. The van der Waals surface area contributed by atoms with Crippen LogP contribution in [-0.4, -0.2) is 18.5 Å². The first-order chi connectivity index (χ1) is 9.25. The van der Waals surface area contributed by atoms with Crippen molar-refractivity contribution in [2.24, 2.45) is 11.7 Å². The molecule has 0 bridgehead atoms. The predicted molar refractivity (Wildman–Crippen MR) is 85.0 cm³/mol. The first kappa shape index (κ1) is 17.0. The van der Waals surface area contributed by atoms with E-state index >= 15 is 0 Å². The highest BCUT2D eigenvalue weighted by atomic mass is 35.5. The fourth-order valence-electron chi connectivity index (χ4n) is 2.79. The molecule has 4 heteroatoms. The Labute approximate surface area is 127 Å². The third kappa shape index (κ3) is 5.51. The molecule has 1 aromatic carbocycles. The molecule has 0 aromatic heterocycles. The van der Waals surface area contributed by atoms with Crippen molar-refractivity contribution in [1.82, 2.24) is 5.32 Å². The summed E-state index contributed by atoms with van der Waals surface area (Å²) >= 11 is 0. The van der Waals surface area contributed by atoms with Crippen LogP contribution >= 0.6 is 12.4 Å². The molecule has 1 aliphatic rings. The molecule has 112 valence electrons. The Bertz CT molecular complexity index is 391. The molecule has 0 saturated heterocycles. The average Bonchev–Trinajstić information content (AvgIpc) is 2.93. The topological polar surface area (TPSA) is 55.1 Å². The molecule has 3 nitrogen and oxygen atoms in total. The molecule has 1 amide bonds. The molecule has 20 heavy (non-hydrogen) atoms. The number of carbonyl (C=O) groups is 1. The van der Waals surface area contributed by atoms with Crippen molar-refractivity contribution >= 4 is 18.3 Å². The van der Waals surface area contributed by atoms with E-state index in [1.807, 2.05) is 30.3 Å². The fraction of sp³-hybridized carbons (Fsp3) is 0.562. The first-order valence-corrected chi connectivity index (χ1v) is 7.33. The van der Waals surface area contributed by atoms with Gasteiger partial charge in [0.15, 0.2) is 0 Å². The van der Waals surface area contributed by atoms with E-state index in [1.165, 1.54) is 25.7 Å². The van der Waals surface area contributed by atoms with E-state index in [-0.39, 0.29) is 18.3 Å². The van der Waals surface area contributed by atoms with E-state index in [1.54, 1.807) is 0 Å². The van der Waals surface area contributed by atoms with Gasteiger partial charge in [-0.3, -0.25) is 4.79 Å². The largest absolute Gasteiger partial charge is 0.355 e. The second-order valence-electron chi connectivity index (χ2n) is 5.53. The lowest BCUT2D eigenvalue weighted by Crippen LogP contribution is -2.42. The molecule has 3 N–H and O–H groups in total. The van der Waals surface area contributed by atoms with Crippen LogP contribution in [-0.2, 0) is 11.2 Å². The summed E-state index contributed by atoms with van der Waals surface area (Å²) in [5.74, 6) is 0.785. The maximum atomic E-state index is 11.9. The Morgan fingerprint density at radius 3 is 2.55 bits per heavy atom. The van der Waals surface area contributed by atoms with Crippen LogP contribution in [0.1, 0.15) is 37.7 Å². The first-order valence-electron chi connectivity index (χ1n) is 7.33. The number of rotatable bonds is 6. The van der Waals surface area contributed by atoms with Gasteiger partial charge in [0.2, 0.25) is 5.91 Å². The van der Waals surface area contributed by atoms with Crippen molar-refractivity contribution < 1.29 is 4.79 Å². The SMILES string of the molecule is Cl.NC(Cc1ccccc1)C(=O)NCCC1CCCC1. The summed E-state index contributed by atoms with van der Waals surface area (Å²) in [5.41, 5.74) is 7.04. The molecule has 1 aromatic rings. The summed E-state index contributed by atoms with van der Waals surface area (Å²) in [7, 11) is 0. The number of amides is 1. The lowest BCUT2D eigenvalue weighted by molar-refractivity contribution is -0.122. The zero-order chi connectivity index (χ0) is 13.5. The molecule has 0 aliphatic heterocycles. The normalized spacial score (nSPS) is 16.4. The van der Waals surface area contributed by atoms with Gasteiger partial charge in [0, 0.05) is 6.54 Å². The maximum absolute atomic E-state index is 11.9. The van der Waals surface area contributed by atoms with Gasteiger partial charge in [-0.1, -0.05) is 56.0 Å². The number of hydrogen-bond acceptors (Lipinski definition) is 2. The number of hydrogen-bond donors (Lipinski definition) is 2. The average molecular weight is 297 g/mol. The monoisotopic (exact) mass is 296 g/mol. The van der Waals surface area contributed by atoms with Gasteiger partial charge >= 0.3 is 0 Å². The molecule has 1 aliphatic carbocycles. The third-order valence-electron chi connectivity index (χ3n) is 3.96. The summed E-state index contributed by atoms with van der Waals surface area (Å²) in [6.45, 7) is 0.770. The van der Waals surface area contributed by atoms with E-state index in [0.29, 0.717) is 6.42 Å². The Balaban J connectivity index is 0.00000200. The molecule has 0 heterocycles. The molecule has 1 atom stereocenters. The fourth-order valence-corrected chi connectivity index (χ4v) is 2.79. The van der Waals surface area contributed by atoms with Crippen molar-refractivity contribution in [3.05, 3.63) is 35.9 Å². The zero-order valence-corrected chi connectivity index (χ0v) is 12.7. The summed E-state index contributed by atoms with van der Waals surface area (Å²) in [6.07, 6.45) is 7.07. The highest BCUT2D eigenvalue weighted by Crippen LogP contribution is 2.26. The van der Waals surface area contributed by atoms with Crippen molar-refractivity contribution in [2.75, 3.05) is 6.54 Å². The highest BCUT2D eigenvalue weighted by molar-refractivity contribution is 5.85. The predicted octanol–water partition coefficient (Wildman–Crippen LogP) is 2.67. The molecule has 2 rings (SSSR count). The summed E-state index contributed by atoms with van der Waals surface area (Å²) in [5, 5.41) is 2.97. The van der Waals surface area contributed by atoms with Crippen LogP contribution in [0.15, 0.2) is 30.3 Å². The molecule has 0 spiro atoms. The Morgan fingerprint density at radius 2 is 1.90 bits per heavy atom. The van der Waals surface area contributed by atoms with Crippen LogP contribution in [0.5, 0.6) is 0 Å². The standard InChI is InChI=1S/C16H24N2O.ClH/c17-15(12-14-8-2-1-3-9-14)16(19)18-11-10-13-6-4-5-7-13;/h1-3,8-9,13,15H,4-7,10-12,17H2,(H,18,19);1H. The highest BCUT2D eigenvalue weighted by Gasteiger charge is 2.17. The van der Waals surface area contributed by atoms with Gasteiger partial charge in [0.1, 0.15) is 0 Å². The minimum atomic E-state index is -0.439.